The topological polar surface area (TPSA) is 0 Å². The molecule has 4 rings (SSSR count). The van der Waals surface area contributed by atoms with Gasteiger partial charge in [-0.3, -0.25) is 0 Å². The molecule has 4 aliphatic rings. The minimum absolute atomic E-state index is 0.994. The van der Waals surface area contributed by atoms with Gasteiger partial charge in [-0.1, -0.05) is 27.6 Å². The van der Waals surface area contributed by atoms with Gasteiger partial charge in [0.05, 0.1) is 0 Å². The van der Waals surface area contributed by atoms with Crippen molar-refractivity contribution in [2.75, 3.05) is 5.33 Å². The lowest BCUT2D eigenvalue weighted by molar-refractivity contribution is 0.0695. The van der Waals surface area contributed by atoms with E-state index in [4.69, 9.17) is 0 Å². The maximum Gasteiger partial charge on any atom is 0.0214 e. The molecule has 0 amide bonds. The molecular weight excluding hydrogens is 224 g/mol. The second kappa shape index (κ2) is 3.12. The fourth-order valence-corrected chi connectivity index (χ4v) is 4.52. The molecule has 0 N–H and O–H groups in total. The molecule has 0 aliphatic heterocycles. The third kappa shape index (κ3) is 1.31. The van der Waals surface area contributed by atoms with E-state index >= 15 is 0 Å². The lowest BCUT2D eigenvalue weighted by Crippen LogP contribution is -2.40. The zero-order valence-electron chi connectivity index (χ0n) is 8.01. The van der Waals surface area contributed by atoms with Crippen molar-refractivity contribution in [3.8, 4) is 0 Å². The fourth-order valence-electron chi connectivity index (χ4n) is 4.15. The third-order valence-electron chi connectivity index (χ3n) is 4.39. The smallest absolute Gasteiger partial charge is 0.0214 e. The summed E-state index contributed by atoms with van der Waals surface area (Å²) in [6, 6.07) is 0. The Bertz CT molecular complexity index is 212. The fraction of sp³-hybridized carbons (Fsp3) is 0.833. The molecule has 4 fully saturated rings. The van der Waals surface area contributed by atoms with Crippen LogP contribution in [0.25, 0.3) is 0 Å². The van der Waals surface area contributed by atoms with Crippen molar-refractivity contribution >= 4 is 15.9 Å². The van der Waals surface area contributed by atoms with E-state index in [9.17, 15) is 0 Å². The van der Waals surface area contributed by atoms with Gasteiger partial charge in [0.25, 0.3) is 0 Å². The zero-order valence-corrected chi connectivity index (χ0v) is 9.59. The molecule has 0 nitrogen and oxygen atoms in total. The first-order chi connectivity index (χ1) is 6.36. The third-order valence-corrected chi connectivity index (χ3v) is 4.72. The molecule has 0 aromatic carbocycles. The summed E-state index contributed by atoms with van der Waals surface area (Å²) in [5.74, 6) is 4.20. The number of hydrogen-bond donors (Lipinski definition) is 0. The molecule has 72 valence electrons. The first kappa shape index (κ1) is 8.52. The number of allylic oxidation sites excluding steroid dienone is 2. The number of alkyl halides is 1. The van der Waals surface area contributed by atoms with Crippen LogP contribution >= 0.6 is 15.9 Å². The molecule has 0 heterocycles. The Morgan fingerprint density at radius 1 is 1.00 bits per heavy atom. The van der Waals surface area contributed by atoms with Crippen molar-refractivity contribution in [1.82, 2.24) is 0 Å². The summed E-state index contributed by atoms with van der Waals surface area (Å²) in [7, 11) is 0. The van der Waals surface area contributed by atoms with Gasteiger partial charge in [0.1, 0.15) is 0 Å². The van der Waals surface area contributed by atoms with Crippen LogP contribution in [0.2, 0.25) is 0 Å². The van der Waals surface area contributed by atoms with Crippen molar-refractivity contribution < 1.29 is 0 Å². The average molecular weight is 241 g/mol. The molecule has 0 atom stereocenters. The van der Waals surface area contributed by atoms with Crippen LogP contribution in [0.3, 0.4) is 0 Å². The number of hydrogen-bond acceptors (Lipinski definition) is 0. The molecule has 0 unspecified atom stereocenters. The lowest BCUT2D eigenvalue weighted by atomic mass is 9.54. The average Bonchev–Trinajstić information content (AvgIpc) is 2.10. The molecule has 0 radical (unpaired) electrons. The maximum atomic E-state index is 3.54. The van der Waals surface area contributed by atoms with Crippen LogP contribution in [0.5, 0.6) is 0 Å². The van der Waals surface area contributed by atoms with E-state index in [-0.39, 0.29) is 0 Å². The van der Waals surface area contributed by atoms with Crippen LogP contribution in [-0.4, -0.2) is 5.33 Å². The minimum atomic E-state index is 0.994. The lowest BCUT2D eigenvalue weighted by Gasteiger charge is -2.51. The highest BCUT2D eigenvalue weighted by Crippen LogP contribution is 2.56. The summed E-state index contributed by atoms with van der Waals surface area (Å²) < 4.78 is 0. The van der Waals surface area contributed by atoms with Gasteiger partial charge in [-0.15, -0.1) is 0 Å². The van der Waals surface area contributed by atoms with Crippen LogP contribution in [-0.2, 0) is 0 Å². The summed E-state index contributed by atoms with van der Waals surface area (Å²) in [4.78, 5) is 0. The second-order valence-electron chi connectivity index (χ2n) is 5.16. The highest BCUT2D eigenvalue weighted by molar-refractivity contribution is 9.09. The van der Waals surface area contributed by atoms with E-state index in [1.54, 1.807) is 6.42 Å². The molecule has 0 spiro atoms. The molecule has 0 aromatic rings. The van der Waals surface area contributed by atoms with Gasteiger partial charge in [0, 0.05) is 5.33 Å². The monoisotopic (exact) mass is 240 g/mol. The largest absolute Gasteiger partial charge is 0.0883 e. The highest BCUT2D eigenvalue weighted by Gasteiger charge is 2.44. The van der Waals surface area contributed by atoms with Gasteiger partial charge in [-0.2, -0.15) is 0 Å². The van der Waals surface area contributed by atoms with Crippen LogP contribution in [0.15, 0.2) is 11.6 Å². The van der Waals surface area contributed by atoms with E-state index in [1.165, 1.54) is 25.7 Å². The van der Waals surface area contributed by atoms with Gasteiger partial charge in [0.2, 0.25) is 0 Å². The van der Waals surface area contributed by atoms with Gasteiger partial charge < -0.3 is 0 Å². The summed E-state index contributed by atoms with van der Waals surface area (Å²) in [5, 5.41) is 1.07. The molecule has 0 aromatic heterocycles. The Kier molecular flexibility index (Phi) is 2.04. The van der Waals surface area contributed by atoms with E-state index in [1.807, 2.05) is 5.57 Å². The molecule has 13 heavy (non-hydrogen) atoms. The molecule has 4 bridgehead atoms. The van der Waals surface area contributed by atoms with Crippen molar-refractivity contribution in [2.24, 2.45) is 23.7 Å². The van der Waals surface area contributed by atoms with E-state index < -0.39 is 0 Å². The Labute approximate surface area is 88.9 Å². The SMILES string of the molecule is BrCC=C1C2CC3CC(C2)CC1C3. The van der Waals surface area contributed by atoms with Gasteiger partial charge in [-0.25, -0.2) is 0 Å². The number of rotatable bonds is 1. The van der Waals surface area contributed by atoms with Gasteiger partial charge in [0.15, 0.2) is 0 Å². The maximum absolute atomic E-state index is 3.54. The Balaban J connectivity index is 1.89. The van der Waals surface area contributed by atoms with E-state index in [2.05, 4.69) is 22.0 Å². The van der Waals surface area contributed by atoms with E-state index in [0.717, 1.165) is 29.0 Å². The van der Waals surface area contributed by atoms with Crippen molar-refractivity contribution in [2.45, 2.75) is 32.1 Å². The molecule has 4 saturated carbocycles. The normalized spacial score (nSPS) is 47.0. The Morgan fingerprint density at radius 2 is 1.54 bits per heavy atom. The summed E-state index contributed by atoms with van der Waals surface area (Å²) in [5.41, 5.74) is 1.82. The first-order valence-electron chi connectivity index (χ1n) is 5.62. The summed E-state index contributed by atoms with van der Waals surface area (Å²) in [6.45, 7) is 0. The van der Waals surface area contributed by atoms with Crippen LogP contribution in [0, 0.1) is 23.7 Å². The van der Waals surface area contributed by atoms with Crippen LogP contribution < -0.4 is 0 Å². The Hall–Kier alpha value is 0.220. The Morgan fingerprint density at radius 3 is 2.00 bits per heavy atom. The molecule has 4 aliphatic carbocycles. The first-order valence-corrected chi connectivity index (χ1v) is 6.75. The summed E-state index contributed by atoms with van der Waals surface area (Å²) >= 11 is 3.54. The van der Waals surface area contributed by atoms with Crippen molar-refractivity contribution in [1.29, 1.82) is 0 Å². The predicted octanol–water partition coefficient (Wildman–Crippen LogP) is 3.76. The van der Waals surface area contributed by atoms with Gasteiger partial charge >= 0.3 is 0 Å². The quantitative estimate of drug-likeness (QED) is 0.484. The minimum Gasteiger partial charge on any atom is -0.0883 e. The van der Waals surface area contributed by atoms with Crippen LogP contribution in [0.1, 0.15) is 32.1 Å². The van der Waals surface area contributed by atoms with Crippen LogP contribution in [0.4, 0.5) is 0 Å². The summed E-state index contributed by atoms with van der Waals surface area (Å²) in [6.07, 6.45) is 10.1. The molecule has 1 heteroatoms. The standard InChI is InChI=1S/C12H17Br/c13-2-1-12-10-4-8-3-9(6-10)7-11(12)5-8/h1,8-11H,2-7H2. The molecule has 0 saturated heterocycles. The highest BCUT2D eigenvalue weighted by atomic mass is 79.9. The zero-order chi connectivity index (χ0) is 8.84. The van der Waals surface area contributed by atoms with Crippen molar-refractivity contribution in [3.05, 3.63) is 11.6 Å². The van der Waals surface area contributed by atoms with E-state index in [0.29, 0.717) is 0 Å². The van der Waals surface area contributed by atoms with Crippen molar-refractivity contribution in [3.63, 3.8) is 0 Å². The van der Waals surface area contributed by atoms with Gasteiger partial charge in [-0.05, 0) is 55.8 Å². The predicted molar refractivity (Wildman–Crippen MR) is 58.9 cm³/mol. The molecular formula is C12H17Br. The second-order valence-corrected chi connectivity index (χ2v) is 5.81. The number of halogens is 1.